The molecule has 1 aromatic carbocycles. The molecule has 8 heteroatoms. The van der Waals surface area contributed by atoms with Crippen molar-refractivity contribution in [3.05, 3.63) is 76.2 Å². The SMILES string of the molecule is O=C(NNC(=O)c1ccc(-c2cc(Cl)ccc2Cl)o1)c1ccccn1. The fourth-order valence-electron chi connectivity index (χ4n) is 2.03. The Kier molecular flexibility index (Phi) is 5.02. The molecule has 0 saturated carbocycles. The van der Waals surface area contributed by atoms with Crippen LogP contribution in [-0.2, 0) is 0 Å². The van der Waals surface area contributed by atoms with Gasteiger partial charge < -0.3 is 4.42 Å². The average molecular weight is 376 g/mol. The molecule has 0 radical (unpaired) electrons. The number of nitrogens with zero attached hydrogens (tertiary/aromatic N) is 1. The van der Waals surface area contributed by atoms with Crippen LogP contribution in [0.25, 0.3) is 11.3 Å². The molecule has 2 aromatic heterocycles. The van der Waals surface area contributed by atoms with Crippen LogP contribution in [-0.4, -0.2) is 16.8 Å². The summed E-state index contributed by atoms with van der Waals surface area (Å²) in [5.74, 6) is -0.770. The molecule has 0 saturated heterocycles. The first-order valence-corrected chi connectivity index (χ1v) is 7.87. The van der Waals surface area contributed by atoms with E-state index in [9.17, 15) is 9.59 Å². The predicted octanol–water partition coefficient (Wildman–Crippen LogP) is 3.72. The zero-order valence-corrected chi connectivity index (χ0v) is 14.1. The second kappa shape index (κ2) is 7.38. The molecule has 0 aliphatic heterocycles. The van der Waals surface area contributed by atoms with Gasteiger partial charge in [0.2, 0.25) is 0 Å². The van der Waals surface area contributed by atoms with Gasteiger partial charge in [-0.15, -0.1) is 0 Å². The lowest BCUT2D eigenvalue weighted by Gasteiger charge is -2.05. The first-order chi connectivity index (χ1) is 12.0. The summed E-state index contributed by atoms with van der Waals surface area (Å²) >= 11 is 12.1. The fourth-order valence-corrected chi connectivity index (χ4v) is 2.41. The van der Waals surface area contributed by atoms with Gasteiger partial charge in [0.1, 0.15) is 11.5 Å². The summed E-state index contributed by atoms with van der Waals surface area (Å²) in [6.07, 6.45) is 1.48. The van der Waals surface area contributed by atoms with Crippen molar-refractivity contribution in [1.29, 1.82) is 0 Å². The summed E-state index contributed by atoms with van der Waals surface area (Å²) in [5.41, 5.74) is 5.25. The topological polar surface area (TPSA) is 84.2 Å². The van der Waals surface area contributed by atoms with E-state index in [1.165, 1.54) is 18.3 Å². The van der Waals surface area contributed by atoms with Gasteiger partial charge in [0.15, 0.2) is 5.76 Å². The normalized spacial score (nSPS) is 10.3. The van der Waals surface area contributed by atoms with Crippen molar-refractivity contribution in [2.45, 2.75) is 0 Å². The van der Waals surface area contributed by atoms with Crippen LogP contribution in [0, 0.1) is 0 Å². The monoisotopic (exact) mass is 375 g/mol. The smallest absolute Gasteiger partial charge is 0.305 e. The van der Waals surface area contributed by atoms with E-state index >= 15 is 0 Å². The Morgan fingerprint density at radius 3 is 2.52 bits per heavy atom. The molecule has 0 unspecified atom stereocenters. The van der Waals surface area contributed by atoms with Crippen molar-refractivity contribution < 1.29 is 14.0 Å². The second-order valence-corrected chi connectivity index (χ2v) is 5.75. The Hall–Kier alpha value is -2.83. The van der Waals surface area contributed by atoms with Gasteiger partial charge in [-0.25, -0.2) is 0 Å². The highest BCUT2D eigenvalue weighted by Gasteiger charge is 2.15. The number of hydrogen-bond acceptors (Lipinski definition) is 4. The maximum atomic E-state index is 12.1. The average Bonchev–Trinajstić information content (AvgIpc) is 3.12. The summed E-state index contributed by atoms with van der Waals surface area (Å²) in [5, 5.41) is 0.929. The largest absolute Gasteiger partial charge is 0.451 e. The van der Waals surface area contributed by atoms with Crippen molar-refractivity contribution in [2.75, 3.05) is 0 Å². The van der Waals surface area contributed by atoms with Crippen molar-refractivity contribution in [1.82, 2.24) is 15.8 Å². The van der Waals surface area contributed by atoms with Crippen molar-refractivity contribution in [3.8, 4) is 11.3 Å². The lowest BCUT2D eigenvalue weighted by atomic mass is 10.2. The Bertz CT molecular complexity index is 926. The minimum Gasteiger partial charge on any atom is -0.451 e. The molecule has 0 fully saturated rings. The summed E-state index contributed by atoms with van der Waals surface area (Å²) in [6.45, 7) is 0. The van der Waals surface area contributed by atoms with Gasteiger partial charge in [0.05, 0.1) is 5.02 Å². The number of hydrazine groups is 1. The van der Waals surface area contributed by atoms with Crippen LogP contribution in [0.2, 0.25) is 10.0 Å². The van der Waals surface area contributed by atoms with Crippen molar-refractivity contribution in [2.24, 2.45) is 0 Å². The van der Waals surface area contributed by atoms with E-state index in [-0.39, 0.29) is 11.5 Å². The number of carbonyl (C=O) groups excluding carboxylic acids is 2. The first-order valence-electron chi connectivity index (χ1n) is 7.11. The number of halogens is 2. The highest BCUT2D eigenvalue weighted by molar-refractivity contribution is 6.35. The van der Waals surface area contributed by atoms with Gasteiger partial charge in [-0.05, 0) is 42.5 Å². The number of benzene rings is 1. The fraction of sp³-hybridized carbons (Fsp3) is 0. The Morgan fingerprint density at radius 1 is 0.960 bits per heavy atom. The third-order valence-corrected chi connectivity index (χ3v) is 3.78. The first kappa shape index (κ1) is 17.0. The molecule has 0 atom stereocenters. The number of carbonyl (C=O) groups is 2. The third kappa shape index (κ3) is 3.99. The van der Waals surface area contributed by atoms with Crippen LogP contribution in [0.3, 0.4) is 0 Å². The lowest BCUT2D eigenvalue weighted by Crippen LogP contribution is -2.41. The number of nitrogens with one attached hydrogen (secondary N) is 2. The molecule has 0 aliphatic rings. The van der Waals surface area contributed by atoms with Crippen molar-refractivity contribution >= 4 is 35.0 Å². The molecule has 126 valence electrons. The standard InChI is InChI=1S/C17H11Cl2N3O3/c18-10-4-5-12(19)11(9-10)14-6-7-15(25-14)17(24)22-21-16(23)13-3-1-2-8-20-13/h1-9H,(H,21,23)(H,22,24). The second-order valence-electron chi connectivity index (χ2n) is 4.91. The van der Waals surface area contributed by atoms with Gasteiger partial charge in [-0.2, -0.15) is 0 Å². The zero-order chi connectivity index (χ0) is 17.8. The number of amides is 2. The van der Waals surface area contributed by atoms with Crippen LogP contribution in [0.15, 0.2) is 59.1 Å². The van der Waals surface area contributed by atoms with E-state index in [4.69, 9.17) is 27.6 Å². The van der Waals surface area contributed by atoms with E-state index < -0.39 is 11.8 Å². The van der Waals surface area contributed by atoms with E-state index in [0.717, 1.165) is 0 Å². The van der Waals surface area contributed by atoms with Crippen LogP contribution >= 0.6 is 23.2 Å². The molecule has 0 spiro atoms. The van der Waals surface area contributed by atoms with Gasteiger partial charge in [0.25, 0.3) is 5.91 Å². The van der Waals surface area contributed by atoms with Crippen LogP contribution < -0.4 is 10.9 Å². The predicted molar refractivity (Wildman–Crippen MR) is 93.3 cm³/mol. The van der Waals surface area contributed by atoms with E-state index in [1.54, 1.807) is 36.4 Å². The minimum absolute atomic E-state index is 0.00682. The van der Waals surface area contributed by atoms with E-state index in [0.29, 0.717) is 21.4 Å². The molecule has 2 N–H and O–H groups in total. The molecule has 3 aromatic rings. The number of aromatic nitrogens is 1. The van der Waals surface area contributed by atoms with Crippen LogP contribution in [0.1, 0.15) is 21.0 Å². The minimum atomic E-state index is -0.617. The van der Waals surface area contributed by atoms with E-state index in [2.05, 4.69) is 15.8 Å². The van der Waals surface area contributed by atoms with Gasteiger partial charge in [-0.3, -0.25) is 25.4 Å². The number of furan rings is 1. The molecule has 3 rings (SSSR count). The Balaban J connectivity index is 1.69. The van der Waals surface area contributed by atoms with Gasteiger partial charge in [-0.1, -0.05) is 29.3 Å². The zero-order valence-electron chi connectivity index (χ0n) is 12.6. The Labute approximate surface area is 152 Å². The number of rotatable bonds is 3. The summed E-state index contributed by atoms with van der Waals surface area (Å²) in [7, 11) is 0. The molecule has 0 bridgehead atoms. The summed E-state index contributed by atoms with van der Waals surface area (Å²) in [6, 6.07) is 12.8. The van der Waals surface area contributed by atoms with Crippen LogP contribution in [0.5, 0.6) is 0 Å². The van der Waals surface area contributed by atoms with E-state index in [1.807, 2.05) is 0 Å². The molecular formula is C17H11Cl2N3O3. The third-order valence-electron chi connectivity index (χ3n) is 3.21. The summed E-state index contributed by atoms with van der Waals surface area (Å²) in [4.78, 5) is 27.8. The maximum absolute atomic E-state index is 12.1. The van der Waals surface area contributed by atoms with Gasteiger partial charge in [0, 0.05) is 16.8 Å². The lowest BCUT2D eigenvalue weighted by molar-refractivity contribution is 0.0829. The quantitative estimate of drug-likeness (QED) is 0.683. The number of hydrogen-bond donors (Lipinski definition) is 2. The highest BCUT2D eigenvalue weighted by atomic mass is 35.5. The molecule has 25 heavy (non-hydrogen) atoms. The number of pyridine rings is 1. The highest BCUT2D eigenvalue weighted by Crippen LogP contribution is 2.31. The molecule has 0 aliphatic carbocycles. The van der Waals surface area contributed by atoms with Crippen molar-refractivity contribution in [3.63, 3.8) is 0 Å². The maximum Gasteiger partial charge on any atom is 0.305 e. The van der Waals surface area contributed by atoms with Gasteiger partial charge >= 0.3 is 5.91 Å². The molecule has 6 nitrogen and oxygen atoms in total. The Morgan fingerprint density at radius 2 is 1.76 bits per heavy atom. The van der Waals surface area contributed by atoms with Crippen LogP contribution in [0.4, 0.5) is 0 Å². The summed E-state index contributed by atoms with van der Waals surface area (Å²) < 4.78 is 5.48. The molecule has 2 amide bonds. The molecular weight excluding hydrogens is 365 g/mol. The molecule has 2 heterocycles.